The lowest BCUT2D eigenvalue weighted by Crippen LogP contribution is -2.30. The van der Waals surface area contributed by atoms with E-state index in [2.05, 4.69) is 145 Å². The van der Waals surface area contributed by atoms with Crippen molar-refractivity contribution in [2.75, 3.05) is 0 Å². The molecular weight excluding hydrogens is 623 g/mol. The minimum Gasteiger partial charge on any atom is -0.305 e. The molecule has 0 fully saturated rings. The molecule has 0 heterocycles. The molecule has 4 atom stereocenters. The van der Waals surface area contributed by atoms with Gasteiger partial charge in [0.15, 0.2) is 0 Å². The highest BCUT2D eigenvalue weighted by atomic mass is 32.1. The minimum atomic E-state index is 0.0932. The highest BCUT2D eigenvalue weighted by Gasteiger charge is 2.43. The predicted octanol–water partition coefficient (Wildman–Crippen LogP) is 11.8. The van der Waals surface area contributed by atoms with Crippen molar-refractivity contribution in [1.82, 2.24) is 5.32 Å². The number of hydrogen-bond acceptors (Lipinski definition) is 2. The van der Waals surface area contributed by atoms with Crippen LogP contribution in [0.1, 0.15) is 57.8 Å². The average molecular weight is 660 g/mol. The Balaban J connectivity index is 1.06. The third kappa shape index (κ3) is 4.13. The average Bonchev–Trinajstić information content (AvgIpc) is 3.71. The second-order valence-electron chi connectivity index (χ2n) is 14.7. The van der Waals surface area contributed by atoms with Crippen LogP contribution in [0.15, 0.2) is 134 Å². The molecule has 0 aliphatic heterocycles. The molecule has 5 aliphatic carbocycles. The van der Waals surface area contributed by atoms with Crippen LogP contribution in [-0.4, -0.2) is 5.25 Å². The Kier molecular flexibility index (Phi) is 6.39. The maximum Gasteiger partial charge on any atom is 0.0488 e. The minimum absolute atomic E-state index is 0.0932. The van der Waals surface area contributed by atoms with Gasteiger partial charge in [0.1, 0.15) is 0 Å². The molecular formula is C48H37NS. The van der Waals surface area contributed by atoms with Crippen LogP contribution in [0, 0.1) is 11.8 Å². The Labute approximate surface area is 299 Å². The maximum atomic E-state index is 5.08. The molecule has 6 aromatic carbocycles. The topological polar surface area (TPSA) is 12.0 Å². The van der Waals surface area contributed by atoms with Crippen LogP contribution in [0.5, 0.6) is 0 Å². The molecule has 0 saturated heterocycles. The van der Waals surface area contributed by atoms with Crippen molar-refractivity contribution in [3.05, 3.63) is 172 Å². The first-order valence-corrected chi connectivity index (χ1v) is 18.7. The number of benzene rings is 6. The van der Waals surface area contributed by atoms with Gasteiger partial charge in [0.2, 0.25) is 0 Å². The highest BCUT2D eigenvalue weighted by Crippen LogP contribution is 2.60. The molecule has 2 heteroatoms. The van der Waals surface area contributed by atoms with E-state index in [0.717, 1.165) is 19.4 Å². The number of fused-ring (bicyclic) bond motifs is 11. The number of rotatable bonds is 4. The molecule has 0 radical (unpaired) electrons. The summed E-state index contributed by atoms with van der Waals surface area (Å²) in [4.78, 5) is 0. The first-order valence-electron chi connectivity index (χ1n) is 18.2. The van der Waals surface area contributed by atoms with E-state index in [1.807, 2.05) is 0 Å². The van der Waals surface area contributed by atoms with Crippen molar-refractivity contribution in [2.45, 2.75) is 37.1 Å². The van der Waals surface area contributed by atoms with Crippen LogP contribution in [-0.2, 0) is 13.0 Å². The molecule has 0 saturated carbocycles. The van der Waals surface area contributed by atoms with Crippen LogP contribution in [0.3, 0.4) is 0 Å². The second-order valence-corrected chi connectivity index (χ2v) is 15.3. The van der Waals surface area contributed by atoms with E-state index in [0.29, 0.717) is 11.8 Å². The summed E-state index contributed by atoms with van der Waals surface area (Å²) in [5.41, 5.74) is 18.6. The van der Waals surface area contributed by atoms with Crippen molar-refractivity contribution in [3.63, 3.8) is 0 Å². The normalized spacial score (nSPS) is 22.1. The summed E-state index contributed by atoms with van der Waals surface area (Å²) in [5.74, 6) is 1.07. The summed E-state index contributed by atoms with van der Waals surface area (Å²) in [7, 11) is 0. The van der Waals surface area contributed by atoms with Gasteiger partial charge in [-0.2, -0.15) is 12.6 Å². The zero-order valence-electron chi connectivity index (χ0n) is 27.9. The van der Waals surface area contributed by atoms with Gasteiger partial charge in [0.05, 0.1) is 0 Å². The van der Waals surface area contributed by atoms with E-state index >= 15 is 0 Å². The monoisotopic (exact) mass is 659 g/mol. The second kappa shape index (κ2) is 11.1. The number of nitrogens with one attached hydrogen (secondary N) is 1. The number of allylic oxidation sites excluding steroid dienone is 6. The van der Waals surface area contributed by atoms with Crippen molar-refractivity contribution in [1.29, 1.82) is 0 Å². The first kappa shape index (κ1) is 28.9. The van der Waals surface area contributed by atoms with Crippen LogP contribution >= 0.6 is 12.6 Å². The zero-order chi connectivity index (χ0) is 32.9. The lowest BCUT2D eigenvalue weighted by atomic mass is 9.74. The smallest absolute Gasteiger partial charge is 0.0488 e. The SMILES string of the molecule is SC1C=Cc2ccc3ccccc3c2C1NCc1ccc(-c2cc3c(c4c2C2=CCCC5C=CC=C4C25)Cc2ccccc2-3)c2ccccc12. The Bertz CT molecular complexity index is 2560. The molecule has 0 bridgehead atoms. The molecule has 11 rings (SSSR count). The lowest BCUT2D eigenvalue weighted by molar-refractivity contribution is 0.522. The molecule has 1 N–H and O–H groups in total. The fraction of sp³-hybridized carbons (Fsp3) is 0.167. The van der Waals surface area contributed by atoms with Gasteiger partial charge in [0.25, 0.3) is 0 Å². The first-order chi connectivity index (χ1) is 24.7. The van der Waals surface area contributed by atoms with Crippen LogP contribution in [0.2, 0.25) is 0 Å². The molecule has 4 unspecified atom stereocenters. The van der Waals surface area contributed by atoms with Gasteiger partial charge in [-0.1, -0.05) is 134 Å². The third-order valence-electron chi connectivity index (χ3n) is 12.2. The Morgan fingerprint density at radius 3 is 2.48 bits per heavy atom. The maximum absolute atomic E-state index is 5.08. The predicted molar refractivity (Wildman–Crippen MR) is 214 cm³/mol. The zero-order valence-corrected chi connectivity index (χ0v) is 28.8. The summed E-state index contributed by atoms with van der Waals surface area (Å²) in [6.07, 6.45) is 17.7. The van der Waals surface area contributed by atoms with Crippen LogP contribution in [0.4, 0.5) is 0 Å². The van der Waals surface area contributed by atoms with E-state index in [-0.39, 0.29) is 11.3 Å². The fourth-order valence-electron chi connectivity index (χ4n) is 10.1. The highest BCUT2D eigenvalue weighted by molar-refractivity contribution is 7.81. The molecule has 6 aromatic rings. The Morgan fingerprint density at radius 2 is 1.54 bits per heavy atom. The largest absolute Gasteiger partial charge is 0.305 e. The molecule has 0 aromatic heterocycles. The van der Waals surface area contributed by atoms with Gasteiger partial charge in [-0.15, -0.1) is 0 Å². The Hall–Kier alpha value is -4.89. The van der Waals surface area contributed by atoms with Crippen molar-refractivity contribution in [2.24, 2.45) is 11.8 Å². The third-order valence-corrected chi connectivity index (χ3v) is 12.7. The van der Waals surface area contributed by atoms with Crippen molar-refractivity contribution < 1.29 is 0 Å². The van der Waals surface area contributed by atoms with Crippen molar-refractivity contribution >= 4 is 51.4 Å². The van der Waals surface area contributed by atoms with Gasteiger partial charge in [-0.05, 0) is 125 Å². The number of thiol groups is 1. The summed E-state index contributed by atoms with van der Waals surface area (Å²) >= 11 is 5.08. The molecule has 50 heavy (non-hydrogen) atoms. The van der Waals surface area contributed by atoms with Crippen LogP contribution < -0.4 is 5.32 Å². The van der Waals surface area contributed by atoms with E-state index in [9.17, 15) is 0 Å². The van der Waals surface area contributed by atoms with E-state index in [1.165, 1.54) is 89.2 Å². The molecule has 1 nitrogen and oxygen atoms in total. The lowest BCUT2D eigenvalue weighted by Gasteiger charge is -2.30. The summed E-state index contributed by atoms with van der Waals surface area (Å²) < 4.78 is 0. The fourth-order valence-corrected chi connectivity index (χ4v) is 10.4. The van der Waals surface area contributed by atoms with E-state index in [4.69, 9.17) is 12.6 Å². The summed E-state index contributed by atoms with van der Waals surface area (Å²) in [6.45, 7) is 0.766. The molecule has 0 amide bonds. The molecule has 240 valence electrons. The number of hydrogen-bond donors (Lipinski definition) is 2. The van der Waals surface area contributed by atoms with Crippen molar-refractivity contribution in [3.8, 4) is 22.3 Å². The van der Waals surface area contributed by atoms with Crippen LogP contribution in [0.25, 0.3) is 61.0 Å². The van der Waals surface area contributed by atoms with Gasteiger partial charge >= 0.3 is 0 Å². The van der Waals surface area contributed by atoms with Gasteiger partial charge in [0, 0.05) is 23.8 Å². The van der Waals surface area contributed by atoms with Gasteiger partial charge in [-0.25, -0.2) is 0 Å². The standard InChI is InChI=1S/C48H37NS/c50-43-24-22-30-20-19-28-9-1-4-15-35(28)45(30)48(43)49-27-32-21-23-37(36-16-6-5-14-34(32)36)42-26-40-33-13-3-2-10-31(33)25-41(40)46-38-17-7-11-29-12-8-18-39(44(29)38)47(42)46/h1-7,9-11,13-24,26,29,43-44,48-50H,8,12,25,27H2. The Morgan fingerprint density at radius 1 is 0.700 bits per heavy atom. The quantitative estimate of drug-likeness (QED) is 0.179. The summed E-state index contributed by atoms with van der Waals surface area (Å²) in [6, 6.07) is 38.9. The van der Waals surface area contributed by atoms with Gasteiger partial charge in [-0.3, -0.25) is 0 Å². The van der Waals surface area contributed by atoms with E-state index in [1.54, 1.807) is 11.1 Å². The van der Waals surface area contributed by atoms with Gasteiger partial charge < -0.3 is 5.32 Å². The molecule has 0 spiro atoms. The van der Waals surface area contributed by atoms with E-state index < -0.39 is 0 Å². The summed E-state index contributed by atoms with van der Waals surface area (Å²) in [5, 5.41) is 9.31. The molecule has 5 aliphatic rings.